The molecule has 5 nitrogen and oxygen atoms in total. The second kappa shape index (κ2) is 4.29. The largest absolute Gasteiger partial charge is 0.480 e. The molecule has 5 heteroatoms. The lowest BCUT2D eigenvalue weighted by molar-refractivity contribution is -0.149. The van der Waals surface area contributed by atoms with Crippen molar-refractivity contribution in [3.63, 3.8) is 0 Å². The molecule has 0 spiro atoms. The Morgan fingerprint density at radius 1 is 1.29 bits per heavy atom. The number of rotatable bonds is 7. The molecule has 0 heterocycles. The Kier molecular flexibility index (Phi) is 3.12. The molecule has 2 aliphatic carbocycles. The van der Waals surface area contributed by atoms with E-state index in [-0.39, 0.29) is 11.3 Å². The van der Waals surface area contributed by atoms with E-state index in [9.17, 15) is 9.59 Å². The standard InChI is InChI=1S/C12H19NO4/c1-17-7-6-11(2-3-11)8-13-9(14)12(4-5-12)10(15)16/h2-8H2,1H3,(H,13,14)(H,15,16). The van der Waals surface area contributed by atoms with Gasteiger partial charge in [-0.15, -0.1) is 0 Å². The van der Waals surface area contributed by atoms with Crippen LogP contribution in [0.2, 0.25) is 0 Å². The zero-order valence-electron chi connectivity index (χ0n) is 10.1. The van der Waals surface area contributed by atoms with Crippen LogP contribution in [0.1, 0.15) is 32.1 Å². The fourth-order valence-electron chi connectivity index (χ4n) is 2.11. The summed E-state index contributed by atoms with van der Waals surface area (Å²) in [6.07, 6.45) is 4.07. The predicted molar refractivity (Wildman–Crippen MR) is 60.5 cm³/mol. The van der Waals surface area contributed by atoms with Crippen LogP contribution in [0.25, 0.3) is 0 Å². The molecule has 2 rings (SSSR count). The smallest absolute Gasteiger partial charge is 0.319 e. The minimum atomic E-state index is -1.11. The summed E-state index contributed by atoms with van der Waals surface area (Å²) in [5, 5.41) is 11.8. The molecule has 0 bridgehead atoms. The predicted octanol–water partition coefficient (Wildman–Crippen LogP) is 0.784. The lowest BCUT2D eigenvalue weighted by Gasteiger charge is -2.17. The quantitative estimate of drug-likeness (QED) is 0.646. The third-order valence-electron chi connectivity index (χ3n) is 4.01. The molecule has 0 radical (unpaired) electrons. The fraction of sp³-hybridized carbons (Fsp3) is 0.833. The Morgan fingerprint density at radius 3 is 2.35 bits per heavy atom. The highest BCUT2D eigenvalue weighted by Gasteiger charge is 2.57. The zero-order valence-corrected chi connectivity index (χ0v) is 10.1. The van der Waals surface area contributed by atoms with Crippen LogP contribution in [0.3, 0.4) is 0 Å². The first kappa shape index (κ1) is 12.4. The van der Waals surface area contributed by atoms with Crippen LogP contribution >= 0.6 is 0 Å². The van der Waals surface area contributed by atoms with E-state index >= 15 is 0 Å². The Bertz CT molecular complexity index is 331. The molecule has 0 atom stereocenters. The summed E-state index contributed by atoms with van der Waals surface area (Å²) in [6, 6.07) is 0. The third-order valence-corrected chi connectivity index (χ3v) is 4.01. The maximum atomic E-state index is 11.8. The lowest BCUT2D eigenvalue weighted by Crippen LogP contribution is -2.40. The van der Waals surface area contributed by atoms with E-state index in [0.717, 1.165) is 19.3 Å². The van der Waals surface area contributed by atoms with Crippen LogP contribution in [0.5, 0.6) is 0 Å². The molecule has 0 saturated heterocycles. The highest BCUT2D eigenvalue weighted by Crippen LogP contribution is 2.49. The summed E-state index contributed by atoms with van der Waals surface area (Å²) >= 11 is 0. The number of methoxy groups -OCH3 is 1. The molecular weight excluding hydrogens is 222 g/mol. The van der Waals surface area contributed by atoms with Crippen LogP contribution in [-0.4, -0.2) is 37.2 Å². The highest BCUT2D eigenvalue weighted by molar-refractivity contribution is 6.04. The van der Waals surface area contributed by atoms with Crippen molar-refractivity contribution in [1.82, 2.24) is 5.32 Å². The van der Waals surface area contributed by atoms with E-state index in [2.05, 4.69) is 5.32 Å². The zero-order chi connectivity index (χ0) is 12.5. The van der Waals surface area contributed by atoms with Crippen LogP contribution in [0.4, 0.5) is 0 Å². The molecule has 2 aliphatic rings. The number of carboxylic acid groups (broad SMARTS) is 1. The number of ether oxygens (including phenoxy) is 1. The van der Waals surface area contributed by atoms with Crippen molar-refractivity contribution in [2.75, 3.05) is 20.3 Å². The van der Waals surface area contributed by atoms with Crippen LogP contribution < -0.4 is 5.32 Å². The number of hydrogen-bond acceptors (Lipinski definition) is 3. The van der Waals surface area contributed by atoms with E-state index in [1.165, 1.54) is 0 Å². The first-order valence-electron chi connectivity index (χ1n) is 6.05. The first-order chi connectivity index (χ1) is 8.05. The Hall–Kier alpha value is -1.10. The van der Waals surface area contributed by atoms with Gasteiger partial charge in [0.25, 0.3) is 0 Å². The maximum absolute atomic E-state index is 11.8. The molecular formula is C12H19NO4. The van der Waals surface area contributed by atoms with Gasteiger partial charge in [-0.2, -0.15) is 0 Å². The van der Waals surface area contributed by atoms with E-state index in [4.69, 9.17) is 9.84 Å². The number of aliphatic carboxylic acids is 1. The van der Waals surface area contributed by atoms with E-state index in [1.54, 1.807) is 7.11 Å². The average molecular weight is 241 g/mol. The number of carbonyl (C=O) groups excluding carboxylic acids is 1. The molecule has 0 aromatic rings. The number of hydrogen-bond donors (Lipinski definition) is 2. The Balaban J connectivity index is 1.79. The van der Waals surface area contributed by atoms with Gasteiger partial charge in [-0.05, 0) is 37.5 Å². The van der Waals surface area contributed by atoms with Crippen LogP contribution in [0.15, 0.2) is 0 Å². The molecule has 0 aromatic carbocycles. The average Bonchev–Trinajstić information content (AvgIpc) is 3.17. The molecule has 1 amide bonds. The molecule has 0 aromatic heterocycles. The van der Waals surface area contributed by atoms with Gasteiger partial charge in [0.2, 0.25) is 5.91 Å². The first-order valence-corrected chi connectivity index (χ1v) is 6.05. The Labute approximate surface area is 101 Å². The summed E-state index contributed by atoms with van der Waals surface area (Å²) in [5.41, 5.74) is -0.947. The SMILES string of the molecule is COCCC1(CNC(=O)C2(C(=O)O)CC2)CC1. The molecule has 0 unspecified atom stereocenters. The molecule has 0 aliphatic heterocycles. The molecule has 96 valence electrons. The van der Waals surface area contributed by atoms with Gasteiger partial charge >= 0.3 is 5.97 Å². The van der Waals surface area contributed by atoms with Gasteiger partial charge in [0.15, 0.2) is 0 Å². The number of carbonyl (C=O) groups is 2. The summed E-state index contributed by atoms with van der Waals surface area (Å²) in [6.45, 7) is 1.28. The second-order valence-corrected chi connectivity index (χ2v) is 5.31. The normalized spacial score (nSPS) is 22.9. The van der Waals surface area contributed by atoms with E-state index in [1.807, 2.05) is 0 Å². The molecule has 2 fully saturated rings. The Morgan fingerprint density at radius 2 is 1.94 bits per heavy atom. The summed E-state index contributed by atoms with van der Waals surface area (Å²) in [7, 11) is 1.66. The van der Waals surface area contributed by atoms with Crippen molar-refractivity contribution in [1.29, 1.82) is 0 Å². The minimum Gasteiger partial charge on any atom is -0.480 e. The van der Waals surface area contributed by atoms with E-state index < -0.39 is 11.4 Å². The minimum absolute atomic E-state index is 0.167. The highest BCUT2D eigenvalue weighted by atomic mass is 16.5. The maximum Gasteiger partial charge on any atom is 0.319 e. The lowest BCUT2D eigenvalue weighted by atomic mass is 10.0. The monoisotopic (exact) mass is 241 g/mol. The van der Waals surface area contributed by atoms with Gasteiger partial charge in [0.1, 0.15) is 5.41 Å². The fourth-order valence-corrected chi connectivity index (χ4v) is 2.11. The molecule has 2 saturated carbocycles. The van der Waals surface area contributed by atoms with Gasteiger partial charge in [0.05, 0.1) is 0 Å². The van der Waals surface area contributed by atoms with Crippen LogP contribution in [0, 0.1) is 10.8 Å². The third kappa shape index (κ3) is 2.44. The van der Waals surface area contributed by atoms with Crippen molar-refractivity contribution in [3.05, 3.63) is 0 Å². The molecule has 17 heavy (non-hydrogen) atoms. The summed E-state index contributed by atoms with van der Waals surface area (Å²) < 4.78 is 5.04. The van der Waals surface area contributed by atoms with E-state index in [0.29, 0.717) is 26.0 Å². The van der Waals surface area contributed by atoms with Gasteiger partial charge in [-0.3, -0.25) is 9.59 Å². The van der Waals surface area contributed by atoms with Crippen molar-refractivity contribution in [2.24, 2.45) is 10.8 Å². The second-order valence-electron chi connectivity index (χ2n) is 5.31. The van der Waals surface area contributed by atoms with Gasteiger partial charge < -0.3 is 15.2 Å². The number of amides is 1. The molecule has 2 N–H and O–H groups in total. The number of carboxylic acids is 1. The van der Waals surface area contributed by atoms with Gasteiger partial charge in [-0.1, -0.05) is 0 Å². The topological polar surface area (TPSA) is 75.6 Å². The van der Waals surface area contributed by atoms with Crippen molar-refractivity contribution >= 4 is 11.9 Å². The number of nitrogens with one attached hydrogen (secondary N) is 1. The van der Waals surface area contributed by atoms with Crippen molar-refractivity contribution in [2.45, 2.75) is 32.1 Å². The van der Waals surface area contributed by atoms with Crippen molar-refractivity contribution < 1.29 is 19.4 Å². The van der Waals surface area contributed by atoms with Crippen molar-refractivity contribution in [3.8, 4) is 0 Å². The van der Waals surface area contributed by atoms with Crippen LogP contribution in [-0.2, 0) is 14.3 Å². The summed E-state index contributed by atoms with van der Waals surface area (Å²) in [4.78, 5) is 22.8. The van der Waals surface area contributed by atoms with Gasteiger partial charge in [0, 0.05) is 20.3 Å². The van der Waals surface area contributed by atoms with Gasteiger partial charge in [-0.25, -0.2) is 0 Å². The summed E-state index contributed by atoms with van der Waals surface area (Å²) in [5.74, 6) is -1.30.